The zero-order chi connectivity index (χ0) is 40.1. The van der Waals surface area contributed by atoms with Gasteiger partial charge in [-0.05, 0) is 104 Å². The summed E-state index contributed by atoms with van der Waals surface area (Å²) in [6.45, 7) is 0. The molecule has 2 heterocycles. The SMILES string of the molecule is c1ccc(-n2c3ccccc3c3cc(-c4ccc5c(c4)c4ccc6c(c4n5-c4ccc5ccccc5c4)-c4ccccc4C6(c4ccccc4)c4ccccc4)ccc32)cc1. The summed E-state index contributed by atoms with van der Waals surface area (Å²) in [5.74, 6) is 0. The number of benzene rings is 10. The summed E-state index contributed by atoms with van der Waals surface area (Å²) in [4.78, 5) is 0. The van der Waals surface area contributed by atoms with Crippen molar-refractivity contribution in [3.8, 4) is 33.6 Å². The zero-order valence-corrected chi connectivity index (χ0v) is 33.3. The van der Waals surface area contributed by atoms with Gasteiger partial charge in [-0.15, -0.1) is 0 Å². The van der Waals surface area contributed by atoms with Crippen LogP contribution in [0, 0.1) is 0 Å². The van der Waals surface area contributed by atoms with Crippen LogP contribution in [-0.4, -0.2) is 9.13 Å². The Morgan fingerprint density at radius 3 is 1.62 bits per heavy atom. The number of aromatic nitrogens is 2. The van der Waals surface area contributed by atoms with Crippen LogP contribution < -0.4 is 0 Å². The predicted molar refractivity (Wildman–Crippen MR) is 255 cm³/mol. The molecule has 12 aromatic rings. The molecular formula is C59H38N2. The van der Waals surface area contributed by atoms with Crippen molar-refractivity contribution in [2.45, 2.75) is 5.41 Å². The number of hydrogen-bond donors (Lipinski definition) is 0. The topological polar surface area (TPSA) is 9.86 Å². The van der Waals surface area contributed by atoms with E-state index in [9.17, 15) is 0 Å². The second kappa shape index (κ2) is 13.0. The van der Waals surface area contributed by atoms with Crippen molar-refractivity contribution in [2.75, 3.05) is 0 Å². The average molecular weight is 775 g/mol. The Morgan fingerprint density at radius 2 is 0.885 bits per heavy atom. The van der Waals surface area contributed by atoms with Crippen LogP contribution in [-0.2, 0) is 5.41 Å². The van der Waals surface area contributed by atoms with Crippen molar-refractivity contribution >= 4 is 54.4 Å². The number of para-hydroxylation sites is 2. The summed E-state index contributed by atoms with van der Waals surface area (Å²) in [6, 6.07) is 85.4. The van der Waals surface area contributed by atoms with Crippen molar-refractivity contribution in [1.29, 1.82) is 0 Å². The molecule has 0 saturated carbocycles. The van der Waals surface area contributed by atoms with Gasteiger partial charge in [-0.25, -0.2) is 0 Å². The molecule has 0 amide bonds. The summed E-state index contributed by atoms with van der Waals surface area (Å²) >= 11 is 0. The molecule has 0 fully saturated rings. The molecule has 1 aliphatic rings. The van der Waals surface area contributed by atoms with Gasteiger partial charge in [-0.1, -0.05) is 176 Å². The van der Waals surface area contributed by atoms with Crippen LogP contribution in [0.1, 0.15) is 22.3 Å². The van der Waals surface area contributed by atoms with Crippen LogP contribution in [0.4, 0.5) is 0 Å². The Kier molecular flexibility index (Phi) is 7.26. The van der Waals surface area contributed by atoms with Crippen molar-refractivity contribution in [3.05, 3.63) is 253 Å². The molecule has 0 spiro atoms. The minimum absolute atomic E-state index is 0.493. The van der Waals surface area contributed by atoms with E-state index in [2.05, 4.69) is 240 Å². The zero-order valence-electron chi connectivity index (χ0n) is 33.3. The highest BCUT2D eigenvalue weighted by Gasteiger charge is 2.47. The van der Waals surface area contributed by atoms with Crippen molar-refractivity contribution in [3.63, 3.8) is 0 Å². The van der Waals surface area contributed by atoms with Crippen LogP contribution in [0.15, 0.2) is 231 Å². The summed E-state index contributed by atoms with van der Waals surface area (Å²) in [7, 11) is 0. The quantitative estimate of drug-likeness (QED) is 0.165. The van der Waals surface area contributed by atoms with E-state index in [1.165, 1.54) is 105 Å². The minimum atomic E-state index is -0.493. The number of rotatable bonds is 5. The van der Waals surface area contributed by atoms with E-state index in [1.807, 2.05) is 0 Å². The fourth-order valence-electron chi connectivity index (χ4n) is 10.8. The maximum atomic E-state index is 2.54. The monoisotopic (exact) mass is 774 g/mol. The number of fused-ring (bicyclic) bond motifs is 11. The number of nitrogens with zero attached hydrogens (tertiary/aromatic N) is 2. The molecule has 284 valence electrons. The third-order valence-corrected chi connectivity index (χ3v) is 13.4. The van der Waals surface area contributed by atoms with E-state index >= 15 is 0 Å². The third kappa shape index (κ3) is 4.79. The van der Waals surface area contributed by atoms with E-state index in [0.29, 0.717) is 0 Å². The summed E-state index contributed by atoms with van der Waals surface area (Å²) < 4.78 is 4.93. The van der Waals surface area contributed by atoms with Crippen LogP contribution >= 0.6 is 0 Å². The van der Waals surface area contributed by atoms with Crippen LogP contribution in [0.5, 0.6) is 0 Å². The first-order valence-electron chi connectivity index (χ1n) is 21.2. The molecule has 61 heavy (non-hydrogen) atoms. The van der Waals surface area contributed by atoms with E-state index in [1.54, 1.807) is 0 Å². The Balaban J connectivity index is 1.11. The molecule has 0 unspecified atom stereocenters. The number of hydrogen-bond acceptors (Lipinski definition) is 0. The fraction of sp³-hybridized carbons (Fsp3) is 0.0169. The van der Waals surface area contributed by atoms with Gasteiger partial charge in [0.15, 0.2) is 0 Å². The van der Waals surface area contributed by atoms with Gasteiger partial charge < -0.3 is 9.13 Å². The van der Waals surface area contributed by atoms with E-state index in [-0.39, 0.29) is 0 Å². The first kappa shape index (κ1) is 34.0. The largest absolute Gasteiger partial charge is 0.309 e. The van der Waals surface area contributed by atoms with Gasteiger partial charge in [0.1, 0.15) is 0 Å². The molecule has 0 N–H and O–H groups in total. The molecule has 0 aliphatic heterocycles. The molecule has 2 heteroatoms. The molecule has 13 rings (SSSR count). The van der Waals surface area contributed by atoms with Gasteiger partial charge in [-0.2, -0.15) is 0 Å². The molecule has 2 aromatic heterocycles. The van der Waals surface area contributed by atoms with Crippen molar-refractivity contribution in [1.82, 2.24) is 9.13 Å². The fourth-order valence-corrected chi connectivity index (χ4v) is 10.8. The van der Waals surface area contributed by atoms with Gasteiger partial charge in [0.25, 0.3) is 0 Å². The highest BCUT2D eigenvalue weighted by atomic mass is 15.0. The van der Waals surface area contributed by atoms with Crippen molar-refractivity contribution < 1.29 is 0 Å². The maximum absolute atomic E-state index is 2.54. The molecule has 10 aromatic carbocycles. The Hall–Kier alpha value is -7.94. The molecule has 0 atom stereocenters. The second-order valence-electron chi connectivity index (χ2n) is 16.4. The van der Waals surface area contributed by atoms with Gasteiger partial charge >= 0.3 is 0 Å². The van der Waals surface area contributed by atoms with Crippen molar-refractivity contribution in [2.24, 2.45) is 0 Å². The third-order valence-electron chi connectivity index (χ3n) is 13.4. The lowest BCUT2D eigenvalue weighted by atomic mass is 9.67. The lowest BCUT2D eigenvalue weighted by Crippen LogP contribution is -2.28. The minimum Gasteiger partial charge on any atom is -0.309 e. The van der Waals surface area contributed by atoms with Gasteiger partial charge in [0, 0.05) is 38.5 Å². The maximum Gasteiger partial charge on any atom is 0.0714 e. The Morgan fingerprint density at radius 1 is 0.311 bits per heavy atom. The van der Waals surface area contributed by atoms with E-state index < -0.39 is 5.41 Å². The van der Waals surface area contributed by atoms with E-state index in [4.69, 9.17) is 0 Å². The summed E-state index contributed by atoms with van der Waals surface area (Å²) in [5, 5.41) is 7.46. The van der Waals surface area contributed by atoms with Crippen LogP contribution in [0.2, 0.25) is 0 Å². The molecule has 0 bridgehead atoms. The Labute approximate surface area is 353 Å². The molecule has 1 aliphatic carbocycles. The lowest BCUT2D eigenvalue weighted by molar-refractivity contribution is 0.769. The van der Waals surface area contributed by atoms with Crippen LogP contribution in [0.25, 0.3) is 88.0 Å². The smallest absolute Gasteiger partial charge is 0.0714 e. The van der Waals surface area contributed by atoms with E-state index in [0.717, 1.165) is 5.69 Å². The van der Waals surface area contributed by atoms with Gasteiger partial charge in [0.2, 0.25) is 0 Å². The van der Waals surface area contributed by atoms with Crippen LogP contribution in [0.3, 0.4) is 0 Å². The highest BCUT2D eigenvalue weighted by molar-refractivity contribution is 6.17. The second-order valence-corrected chi connectivity index (χ2v) is 16.4. The first-order chi connectivity index (χ1) is 30.3. The summed E-state index contributed by atoms with van der Waals surface area (Å²) in [6.07, 6.45) is 0. The predicted octanol–water partition coefficient (Wildman–Crippen LogP) is 15.1. The molecular weight excluding hydrogens is 737 g/mol. The van der Waals surface area contributed by atoms with Gasteiger partial charge in [-0.3, -0.25) is 0 Å². The molecule has 0 saturated heterocycles. The highest BCUT2D eigenvalue weighted by Crippen LogP contribution is 2.58. The Bertz CT molecular complexity index is 3650. The molecule has 2 nitrogen and oxygen atoms in total. The molecule has 0 radical (unpaired) electrons. The van der Waals surface area contributed by atoms with Gasteiger partial charge in [0.05, 0.1) is 27.5 Å². The summed E-state index contributed by atoms with van der Waals surface area (Å²) in [5.41, 5.74) is 16.8. The standard InChI is InChI=1S/C59H38N2/c1-4-18-43(19-5-1)59(44-20-6-2-7-21-44)52-26-14-12-25-49(52)57-53(59)33-32-48-51-38-42(30-35-56(51)61(58(48)57)46-31-28-39-16-10-11-17-40(39)36-46)41-29-34-55-50(37-41)47-24-13-15-27-54(47)60(55)45-22-8-3-9-23-45/h1-38H. The lowest BCUT2D eigenvalue weighted by Gasteiger charge is -2.33. The first-order valence-corrected chi connectivity index (χ1v) is 21.2. The average Bonchev–Trinajstić information content (AvgIpc) is 3.96. The normalized spacial score (nSPS) is 13.0.